The quantitative estimate of drug-likeness (QED) is 0.850. The SMILES string of the molecule is COc1ccc2c(c1)NC(=O)C1(CCCCC1)CS2. The van der Waals surface area contributed by atoms with Gasteiger partial charge in [0, 0.05) is 16.7 Å². The van der Waals surface area contributed by atoms with Crippen molar-refractivity contribution in [3.63, 3.8) is 0 Å². The maximum Gasteiger partial charge on any atom is 0.231 e. The fourth-order valence-electron chi connectivity index (χ4n) is 3.00. The Balaban J connectivity index is 1.90. The van der Waals surface area contributed by atoms with Gasteiger partial charge in [0.05, 0.1) is 18.2 Å². The van der Waals surface area contributed by atoms with Gasteiger partial charge in [0.15, 0.2) is 0 Å². The third-order valence-electron chi connectivity index (χ3n) is 4.23. The Morgan fingerprint density at radius 2 is 2.05 bits per heavy atom. The topological polar surface area (TPSA) is 38.3 Å². The molecule has 1 aromatic carbocycles. The molecule has 1 heterocycles. The summed E-state index contributed by atoms with van der Waals surface area (Å²) in [5.74, 6) is 1.89. The highest BCUT2D eigenvalue weighted by Crippen LogP contribution is 2.46. The number of carbonyl (C=O) groups excluding carboxylic acids is 1. The van der Waals surface area contributed by atoms with Gasteiger partial charge in [-0.25, -0.2) is 0 Å². The zero-order valence-electron chi connectivity index (χ0n) is 11.2. The number of benzene rings is 1. The normalized spacial score (nSPS) is 21.4. The van der Waals surface area contributed by atoms with E-state index in [0.29, 0.717) is 0 Å². The van der Waals surface area contributed by atoms with E-state index in [1.165, 1.54) is 19.3 Å². The lowest BCUT2D eigenvalue weighted by molar-refractivity contribution is -0.126. The molecule has 3 rings (SSSR count). The van der Waals surface area contributed by atoms with Gasteiger partial charge in [0.25, 0.3) is 0 Å². The number of hydrogen-bond acceptors (Lipinski definition) is 3. The molecule has 1 aliphatic heterocycles. The highest BCUT2D eigenvalue weighted by Gasteiger charge is 2.41. The summed E-state index contributed by atoms with van der Waals surface area (Å²) in [5.41, 5.74) is 0.742. The van der Waals surface area contributed by atoms with Crippen molar-refractivity contribution in [1.82, 2.24) is 0 Å². The van der Waals surface area contributed by atoms with Crippen molar-refractivity contribution >= 4 is 23.4 Å². The van der Waals surface area contributed by atoms with E-state index in [9.17, 15) is 4.79 Å². The molecule has 19 heavy (non-hydrogen) atoms. The molecule has 0 bridgehead atoms. The molecule has 0 atom stereocenters. The van der Waals surface area contributed by atoms with Gasteiger partial charge in [-0.3, -0.25) is 4.79 Å². The highest BCUT2D eigenvalue weighted by molar-refractivity contribution is 7.99. The van der Waals surface area contributed by atoms with Gasteiger partial charge in [0.1, 0.15) is 5.75 Å². The fraction of sp³-hybridized carbons (Fsp3) is 0.533. The maximum absolute atomic E-state index is 12.6. The van der Waals surface area contributed by atoms with E-state index in [2.05, 4.69) is 5.32 Å². The molecular weight excluding hydrogens is 258 g/mol. The zero-order chi connectivity index (χ0) is 13.3. The van der Waals surface area contributed by atoms with E-state index < -0.39 is 0 Å². The van der Waals surface area contributed by atoms with Crippen molar-refractivity contribution in [2.24, 2.45) is 5.41 Å². The van der Waals surface area contributed by atoms with Gasteiger partial charge in [-0.15, -0.1) is 11.8 Å². The third-order valence-corrected chi connectivity index (χ3v) is 5.60. The predicted molar refractivity (Wildman–Crippen MR) is 77.9 cm³/mol. The Labute approximate surface area is 118 Å². The van der Waals surface area contributed by atoms with Crippen molar-refractivity contribution < 1.29 is 9.53 Å². The molecule has 0 unspecified atom stereocenters. The average molecular weight is 277 g/mol. The number of methoxy groups -OCH3 is 1. The minimum Gasteiger partial charge on any atom is -0.497 e. The molecule has 1 fully saturated rings. The molecule has 0 aromatic heterocycles. The molecule has 0 radical (unpaired) electrons. The van der Waals surface area contributed by atoms with Crippen LogP contribution in [-0.4, -0.2) is 18.8 Å². The van der Waals surface area contributed by atoms with Gasteiger partial charge in [0.2, 0.25) is 5.91 Å². The summed E-state index contributed by atoms with van der Waals surface area (Å²) in [4.78, 5) is 13.7. The second kappa shape index (κ2) is 5.08. The van der Waals surface area contributed by atoms with Crippen molar-refractivity contribution in [1.29, 1.82) is 0 Å². The first-order valence-corrected chi connectivity index (χ1v) is 7.84. The van der Waals surface area contributed by atoms with Gasteiger partial charge in [-0.05, 0) is 25.0 Å². The molecule has 1 aromatic rings. The Kier molecular flexibility index (Phi) is 3.44. The summed E-state index contributed by atoms with van der Waals surface area (Å²) >= 11 is 1.80. The van der Waals surface area contributed by atoms with Crippen LogP contribution in [0.5, 0.6) is 5.75 Å². The standard InChI is InChI=1S/C15H19NO2S/c1-18-11-5-6-13-12(9-11)16-14(17)15(10-19-13)7-3-2-4-8-15/h5-6,9H,2-4,7-8,10H2,1H3,(H,16,17). The number of carbonyl (C=O) groups is 1. The van der Waals surface area contributed by atoms with Crippen LogP contribution in [0.25, 0.3) is 0 Å². The molecule has 3 nitrogen and oxygen atoms in total. The number of fused-ring (bicyclic) bond motifs is 1. The summed E-state index contributed by atoms with van der Waals surface area (Å²) in [6.07, 6.45) is 5.66. The molecule has 2 aliphatic rings. The van der Waals surface area contributed by atoms with Crippen LogP contribution in [0.1, 0.15) is 32.1 Å². The molecule has 1 saturated carbocycles. The zero-order valence-corrected chi connectivity index (χ0v) is 12.0. The Bertz CT molecular complexity index is 495. The number of ether oxygens (including phenoxy) is 1. The number of hydrogen-bond donors (Lipinski definition) is 1. The van der Waals surface area contributed by atoms with Crippen LogP contribution in [0.4, 0.5) is 5.69 Å². The lowest BCUT2D eigenvalue weighted by Gasteiger charge is -2.33. The van der Waals surface area contributed by atoms with Crippen molar-refractivity contribution in [3.05, 3.63) is 18.2 Å². The van der Waals surface area contributed by atoms with E-state index in [1.54, 1.807) is 18.9 Å². The van der Waals surface area contributed by atoms with E-state index in [-0.39, 0.29) is 11.3 Å². The second-order valence-corrected chi connectivity index (χ2v) is 6.46. The summed E-state index contributed by atoms with van der Waals surface area (Å²) in [6.45, 7) is 0. The van der Waals surface area contributed by atoms with E-state index in [0.717, 1.165) is 34.9 Å². The lowest BCUT2D eigenvalue weighted by atomic mass is 9.75. The monoisotopic (exact) mass is 277 g/mol. The lowest BCUT2D eigenvalue weighted by Crippen LogP contribution is -2.39. The number of nitrogens with one attached hydrogen (secondary N) is 1. The number of rotatable bonds is 1. The smallest absolute Gasteiger partial charge is 0.231 e. The van der Waals surface area contributed by atoms with Crippen LogP contribution < -0.4 is 10.1 Å². The largest absolute Gasteiger partial charge is 0.497 e. The van der Waals surface area contributed by atoms with Crippen LogP contribution in [-0.2, 0) is 4.79 Å². The minimum absolute atomic E-state index is 0.158. The van der Waals surface area contributed by atoms with Crippen LogP contribution >= 0.6 is 11.8 Å². The molecule has 1 aliphatic carbocycles. The molecule has 1 N–H and O–H groups in total. The number of amides is 1. The minimum atomic E-state index is -0.158. The summed E-state index contributed by atoms with van der Waals surface area (Å²) in [7, 11) is 1.65. The van der Waals surface area contributed by atoms with E-state index in [4.69, 9.17) is 4.74 Å². The van der Waals surface area contributed by atoms with Crippen LogP contribution in [0.2, 0.25) is 0 Å². The molecule has 102 valence electrons. The summed E-state index contributed by atoms with van der Waals surface area (Å²) in [5, 5.41) is 3.12. The molecule has 1 spiro atoms. The van der Waals surface area contributed by atoms with E-state index >= 15 is 0 Å². The Morgan fingerprint density at radius 1 is 1.26 bits per heavy atom. The molecular formula is C15H19NO2S. The Morgan fingerprint density at radius 3 is 2.79 bits per heavy atom. The Hall–Kier alpha value is -1.16. The number of thioether (sulfide) groups is 1. The molecule has 4 heteroatoms. The summed E-state index contributed by atoms with van der Waals surface area (Å²) in [6, 6.07) is 5.92. The van der Waals surface area contributed by atoms with E-state index in [1.807, 2.05) is 18.2 Å². The first kappa shape index (κ1) is 12.9. The molecule has 1 amide bonds. The highest BCUT2D eigenvalue weighted by atomic mass is 32.2. The van der Waals surface area contributed by atoms with Crippen LogP contribution in [0, 0.1) is 5.41 Å². The van der Waals surface area contributed by atoms with Crippen LogP contribution in [0.3, 0.4) is 0 Å². The first-order valence-electron chi connectivity index (χ1n) is 6.86. The first-order chi connectivity index (χ1) is 9.23. The van der Waals surface area contributed by atoms with Gasteiger partial charge < -0.3 is 10.1 Å². The van der Waals surface area contributed by atoms with Crippen molar-refractivity contribution in [2.75, 3.05) is 18.2 Å². The molecule has 0 saturated heterocycles. The van der Waals surface area contributed by atoms with Gasteiger partial charge in [-0.1, -0.05) is 19.3 Å². The van der Waals surface area contributed by atoms with Gasteiger partial charge >= 0.3 is 0 Å². The van der Waals surface area contributed by atoms with Gasteiger partial charge in [-0.2, -0.15) is 0 Å². The second-order valence-electron chi connectivity index (χ2n) is 5.45. The van der Waals surface area contributed by atoms with Crippen molar-refractivity contribution in [2.45, 2.75) is 37.0 Å². The predicted octanol–water partition coefficient (Wildman–Crippen LogP) is 3.69. The third kappa shape index (κ3) is 2.34. The van der Waals surface area contributed by atoms with Crippen LogP contribution in [0.15, 0.2) is 23.1 Å². The average Bonchev–Trinajstić information content (AvgIpc) is 2.58. The van der Waals surface area contributed by atoms with Crippen molar-refractivity contribution in [3.8, 4) is 5.75 Å². The summed E-state index contributed by atoms with van der Waals surface area (Å²) < 4.78 is 5.23. The fourth-order valence-corrected chi connectivity index (χ4v) is 4.28. The number of anilines is 1. The maximum atomic E-state index is 12.6.